The molecule has 1 heterocycles. The molecule has 0 saturated carbocycles. The predicted molar refractivity (Wildman–Crippen MR) is 116 cm³/mol. The number of guanidine groups is 1. The third kappa shape index (κ3) is 7.39. The molecule has 2 aromatic rings. The lowest BCUT2D eigenvalue weighted by Crippen LogP contribution is -2.39. The summed E-state index contributed by atoms with van der Waals surface area (Å²) in [7, 11) is 1.65. The lowest BCUT2D eigenvalue weighted by Gasteiger charge is -2.14. The van der Waals surface area contributed by atoms with Gasteiger partial charge in [0.2, 0.25) is 0 Å². The highest BCUT2D eigenvalue weighted by molar-refractivity contribution is 14.0. The minimum absolute atomic E-state index is 0. The zero-order valence-electron chi connectivity index (χ0n) is 14.2. The van der Waals surface area contributed by atoms with Gasteiger partial charge in [-0.1, -0.05) is 23.7 Å². The van der Waals surface area contributed by atoms with Gasteiger partial charge in [0, 0.05) is 18.0 Å². The van der Waals surface area contributed by atoms with Gasteiger partial charge in [-0.3, -0.25) is 0 Å². The Bertz CT molecular complexity index is 681. The fourth-order valence-electron chi connectivity index (χ4n) is 2.08. The third-order valence-electron chi connectivity index (χ3n) is 3.28. The number of nitrogens with zero attached hydrogens (tertiary/aromatic N) is 1. The third-order valence-corrected chi connectivity index (χ3v) is 4.62. The Morgan fingerprint density at radius 3 is 2.76 bits per heavy atom. The Morgan fingerprint density at radius 2 is 2.12 bits per heavy atom. The molecule has 0 aliphatic heterocycles. The molecular weight excluding hydrogens is 473 g/mol. The molecule has 0 aliphatic carbocycles. The van der Waals surface area contributed by atoms with E-state index in [9.17, 15) is 5.11 Å². The highest BCUT2D eigenvalue weighted by atomic mass is 127. The van der Waals surface area contributed by atoms with Gasteiger partial charge in [-0.2, -0.15) is 0 Å². The van der Waals surface area contributed by atoms with Crippen LogP contribution < -0.4 is 15.4 Å². The molecule has 138 valence electrons. The Balaban J connectivity index is 0.00000312. The van der Waals surface area contributed by atoms with Gasteiger partial charge in [0.25, 0.3) is 0 Å². The SMILES string of the molecule is CCNC(=NCc1cccc(OC)c1)NCC(O)c1ccc(Cl)s1.I. The number of benzene rings is 1. The van der Waals surface area contributed by atoms with Gasteiger partial charge >= 0.3 is 0 Å². The fourth-order valence-corrected chi connectivity index (χ4v) is 3.13. The number of thiophene rings is 1. The summed E-state index contributed by atoms with van der Waals surface area (Å²) in [5.74, 6) is 1.47. The van der Waals surface area contributed by atoms with Crippen molar-refractivity contribution in [3.63, 3.8) is 0 Å². The normalized spacial score (nSPS) is 12.2. The summed E-state index contributed by atoms with van der Waals surface area (Å²) in [4.78, 5) is 5.36. The monoisotopic (exact) mass is 495 g/mol. The number of aliphatic imine (C=N–C) groups is 1. The Morgan fingerprint density at radius 1 is 1.32 bits per heavy atom. The van der Waals surface area contributed by atoms with E-state index < -0.39 is 6.10 Å². The van der Waals surface area contributed by atoms with E-state index in [-0.39, 0.29) is 24.0 Å². The van der Waals surface area contributed by atoms with Crippen molar-refractivity contribution in [2.75, 3.05) is 20.2 Å². The largest absolute Gasteiger partial charge is 0.497 e. The second-order valence-electron chi connectivity index (χ2n) is 5.09. The van der Waals surface area contributed by atoms with Crippen LogP contribution in [0.3, 0.4) is 0 Å². The molecule has 0 aliphatic rings. The van der Waals surface area contributed by atoms with Crippen molar-refractivity contribution >= 4 is 52.9 Å². The second-order valence-corrected chi connectivity index (χ2v) is 6.83. The average molecular weight is 496 g/mol. The van der Waals surface area contributed by atoms with Crippen molar-refractivity contribution in [3.8, 4) is 5.75 Å². The van der Waals surface area contributed by atoms with Gasteiger partial charge in [0.1, 0.15) is 11.9 Å². The number of rotatable bonds is 7. The van der Waals surface area contributed by atoms with Crippen molar-refractivity contribution in [3.05, 3.63) is 51.2 Å². The highest BCUT2D eigenvalue weighted by Gasteiger charge is 2.11. The maximum Gasteiger partial charge on any atom is 0.191 e. The molecule has 0 amide bonds. The molecule has 3 N–H and O–H groups in total. The fraction of sp³-hybridized carbons (Fsp3) is 0.353. The Kier molecular flexibility index (Phi) is 10.2. The van der Waals surface area contributed by atoms with Gasteiger partial charge in [0.05, 0.1) is 18.0 Å². The number of hydrogen-bond acceptors (Lipinski definition) is 4. The van der Waals surface area contributed by atoms with Crippen LogP contribution in [0.5, 0.6) is 5.75 Å². The van der Waals surface area contributed by atoms with Crippen LogP contribution in [0.4, 0.5) is 0 Å². The lowest BCUT2D eigenvalue weighted by atomic mass is 10.2. The molecule has 1 aromatic heterocycles. The van der Waals surface area contributed by atoms with E-state index in [0.29, 0.717) is 23.4 Å². The number of ether oxygens (including phenoxy) is 1. The quantitative estimate of drug-likeness (QED) is 0.310. The summed E-state index contributed by atoms with van der Waals surface area (Å²) in [6.07, 6.45) is -0.622. The summed E-state index contributed by atoms with van der Waals surface area (Å²) in [6.45, 7) is 3.62. The van der Waals surface area contributed by atoms with E-state index >= 15 is 0 Å². The molecule has 0 spiro atoms. The first-order chi connectivity index (χ1) is 11.6. The molecule has 1 atom stereocenters. The first kappa shape index (κ1) is 22.0. The molecule has 25 heavy (non-hydrogen) atoms. The van der Waals surface area contributed by atoms with E-state index in [1.54, 1.807) is 13.2 Å². The molecule has 0 fully saturated rings. The van der Waals surface area contributed by atoms with Crippen LogP contribution in [0.2, 0.25) is 4.34 Å². The standard InChI is InChI=1S/C17H22ClN3O2S.HI/c1-3-19-17(20-10-12-5-4-6-13(9-12)23-2)21-11-14(22)15-7-8-16(18)24-15;/h4-9,14,22H,3,10-11H2,1-2H3,(H2,19,20,21);1H. The van der Waals surface area contributed by atoms with E-state index in [1.165, 1.54) is 11.3 Å². The molecular formula is C17H23ClIN3O2S. The Hall–Kier alpha value is -1.03. The Labute approximate surface area is 174 Å². The van der Waals surface area contributed by atoms with E-state index in [4.69, 9.17) is 16.3 Å². The van der Waals surface area contributed by atoms with Crippen LogP contribution in [-0.2, 0) is 6.54 Å². The van der Waals surface area contributed by atoms with Crippen molar-refractivity contribution < 1.29 is 9.84 Å². The van der Waals surface area contributed by atoms with Crippen molar-refractivity contribution in [1.82, 2.24) is 10.6 Å². The second kappa shape index (κ2) is 11.6. The van der Waals surface area contributed by atoms with Crippen LogP contribution in [-0.4, -0.2) is 31.3 Å². The van der Waals surface area contributed by atoms with Crippen molar-refractivity contribution in [1.29, 1.82) is 0 Å². The lowest BCUT2D eigenvalue weighted by molar-refractivity contribution is 0.184. The van der Waals surface area contributed by atoms with Crippen LogP contribution >= 0.6 is 46.9 Å². The van der Waals surface area contributed by atoms with Gasteiger partial charge < -0.3 is 20.5 Å². The van der Waals surface area contributed by atoms with Crippen molar-refractivity contribution in [2.45, 2.75) is 19.6 Å². The summed E-state index contributed by atoms with van der Waals surface area (Å²) in [6, 6.07) is 11.4. The summed E-state index contributed by atoms with van der Waals surface area (Å²) in [5.41, 5.74) is 1.05. The summed E-state index contributed by atoms with van der Waals surface area (Å²) >= 11 is 7.28. The number of nitrogens with one attached hydrogen (secondary N) is 2. The van der Waals surface area contributed by atoms with E-state index in [0.717, 1.165) is 22.7 Å². The summed E-state index contributed by atoms with van der Waals surface area (Å²) in [5, 5.41) is 16.5. The average Bonchev–Trinajstić information content (AvgIpc) is 3.04. The molecule has 8 heteroatoms. The maximum absolute atomic E-state index is 10.2. The highest BCUT2D eigenvalue weighted by Crippen LogP contribution is 2.26. The van der Waals surface area contributed by atoms with Gasteiger partial charge in [-0.25, -0.2) is 4.99 Å². The maximum atomic E-state index is 10.2. The zero-order valence-corrected chi connectivity index (χ0v) is 18.1. The minimum Gasteiger partial charge on any atom is -0.497 e. The number of halogens is 2. The molecule has 1 aromatic carbocycles. The summed E-state index contributed by atoms with van der Waals surface area (Å²) < 4.78 is 5.89. The smallest absolute Gasteiger partial charge is 0.191 e. The van der Waals surface area contributed by atoms with Crippen LogP contribution in [0.25, 0.3) is 0 Å². The number of hydrogen-bond donors (Lipinski definition) is 3. The molecule has 2 rings (SSSR count). The molecule has 5 nitrogen and oxygen atoms in total. The first-order valence-corrected chi connectivity index (χ1v) is 8.90. The molecule has 0 radical (unpaired) electrons. The number of methoxy groups -OCH3 is 1. The first-order valence-electron chi connectivity index (χ1n) is 7.70. The van der Waals surface area contributed by atoms with E-state index in [1.807, 2.05) is 37.3 Å². The number of aliphatic hydroxyl groups excluding tert-OH is 1. The van der Waals surface area contributed by atoms with Crippen LogP contribution in [0, 0.1) is 0 Å². The van der Waals surface area contributed by atoms with Gasteiger partial charge in [-0.05, 0) is 36.8 Å². The van der Waals surface area contributed by atoms with Crippen LogP contribution in [0.15, 0.2) is 41.4 Å². The minimum atomic E-state index is -0.622. The van der Waals surface area contributed by atoms with Gasteiger partial charge in [-0.15, -0.1) is 35.3 Å². The topological polar surface area (TPSA) is 65.9 Å². The van der Waals surface area contributed by atoms with Crippen molar-refractivity contribution in [2.24, 2.45) is 4.99 Å². The number of aliphatic hydroxyl groups is 1. The predicted octanol–water partition coefficient (Wildman–Crippen LogP) is 3.82. The molecule has 1 unspecified atom stereocenters. The molecule has 0 saturated heterocycles. The van der Waals surface area contributed by atoms with Crippen LogP contribution in [0.1, 0.15) is 23.5 Å². The van der Waals surface area contributed by atoms with Gasteiger partial charge in [0.15, 0.2) is 5.96 Å². The molecule has 0 bridgehead atoms. The van der Waals surface area contributed by atoms with E-state index in [2.05, 4.69) is 15.6 Å². The zero-order chi connectivity index (χ0) is 17.4.